The maximum Gasteiger partial charge on any atom is 0.0714 e. The van der Waals surface area contributed by atoms with Crippen LogP contribution in [0.2, 0.25) is 0 Å². The summed E-state index contributed by atoms with van der Waals surface area (Å²) in [6.45, 7) is 0. The van der Waals surface area contributed by atoms with Crippen molar-refractivity contribution in [1.29, 1.82) is 0 Å². The summed E-state index contributed by atoms with van der Waals surface area (Å²) in [4.78, 5) is 2.30. The molecule has 12 rings (SSSR count). The molecule has 0 fully saturated rings. The largest absolute Gasteiger partial charge is 0.311 e. The van der Waals surface area contributed by atoms with E-state index in [1.807, 2.05) is 0 Å². The first-order chi connectivity index (χ1) is 31.3. The van der Waals surface area contributed by atoms with Gasteiger partial charge in [0.05, 0.1) is 22.1 Å². The number of hydrogen-bond donors (Lipinski definition) is 0. The fraction of sp³-hybridized carbons (Fsp3) is 0.0164. The molecule has 2 nitrogen and oxygen atoms in total. The number of hydrogen-bond acceptors (Lipinski definition) is 1. The van der Waals surface area contributed by atoms with E-state index >= 15 is 0 Å². The van der Waals surface area contributed by atoms with Crippen molar-refractivity contribution in [3.63, 3.8) is 0 Å². The van der Waals surface area contributed by atoms with Gasteiger partial charge < -0.3 is 9.47 Å². The molecule has 63 heavy (non-hydrogen) atoms. The molecule has 0 atom stereocenters. The standard InChI is InChI=1S/C61H42N2/c1-5-21-47(22-6-1)61(48-23-7-2-8-24-48)55-31-15-13-30-53(55)60-56(61)32-18-34-59(60)63-57-33-16-14-29-52(57)54-42-46(37-40-58(54)63)45-20-17-19-44(41-45)43-35-38-51(39-36-43)62(49-25-9-3-10-26-49)50-27-11-4-12-28-50/h1-42H. The Morgan fingerprint density at radius 3 is 1.49 bits per heavy atom. The van der Waals surface area contributed by atoms with E-state index in [-0.39, 0.29) is 0 Å². The van der Waals surface area contributed by atoms with Gasteiger partial charge in [-0.1, -0.05) is 188 Å². The van der Waals surface area contributed by atoms with Crippen molar-refractivity contribution in [1.82, 2.24) is 4.57 Å². The van der Waals surface area contributed by atoms with E-state index in [2.05, 4.69) is 264 Å². The van der Waals surface area contributed by atoms with Gasteiger partial charge >= 0.3 is 0 Å². The molecule has 0 aliphatic heterocycles. The Bertz CT molecular complexity index is 3350. The van der Waals surface area contributed by atoms with Crippen molar-refractivity contribution >= 4 is 38.9 Å². The lowest BCUT2D eigenvalue weighted by atomic mass is 9.68. The fourth-order valence-electron chi connectivity index (χ4n) is 10.4. The Kier molecular flexibility index (Phi) is 8.76. The SMILES string of the molecule is c1ccc(N(c2ccccc2)c2ccc(-c3cccc(-c4ccc5c(c4)c4ccccc4n5-c4cccc5c4-c4ccccc4C5(c4ccccc4)c4ccccc4)c3)cc2)cc1. The zero-order chi connectivity index (χ0) is 41.7. The van der Waals surface area contributed by atoms with E-state index in [9.17, 15) is 0 Å². The van der Waals surface area contributed by atoms with Crippen LogP contribution in [-0.2, 0) is 5.41 Å². The lowest BCUT2D eigenvalue weighted by Crippen LogP contribution is -2.28. The zero-order valence-electron chi connectivity index (χ0n) is 34.6. The average molecular weight is 803 g/mol. The predicted octanol–water partition coefficient (Wildman–Crippen LogP) is 16.0. The first-order valence-corrected chi connectivity index (χ1v) is 21.8. The molecule has 0 saturated carbocycles. The van der Waals surface area contributed by atoms with Gasteiger partial charge in [0.25, 0.3) is 0 Å². The van der Waals surface area contributed by atoms with Crippen LogP contribution in [0.3, 0.4) is 0 Å². The van der Waals surface area contributed by atoms with Crippen LogP contribution in [0.1, 0.15) is 22.3 Å². The maximum atomic E-state index is 2.50. The van der Waals surface area contributed by atoms with Crippen molar-refractivity contribution in [3.05, 3.63) is 277 Å². The van der Waals surface area contributed by atoms with Gasteiger partial charge in [0.2, 0.25) is 0 Å². The number of fused-ring (bicyclic) bond motifs is 6. The van der Waals surface area contributed by atoms with Gasteiger partial charge in [0, 0.05) is 33.4 Å². The molecular formula is C61H42N2. The number of nitrogens with zero attached hydrogens (tertiary/aromatic N) is 2. The monoisotopic (exact) mass is 802 g/mol. The van der Waals surface area contributed by atoms with Crippen LogP contribution in [-0.4, -0.2) is 4.57 Å². The van der Waals surface area contributed by atoms with Crippen molar-refractivity contribution in [3.8, 4) is 39.1 Å². The van der Waals surface area contributed by atoms with Crippen molar-refractivity contribution in [2.45, 2.75) is 5.41 Å². The molecule has 296 valence electrons. The summed E-state index contributed by atoms with van der Waals surface area (Å²) in [5, 5.41) is 2.48. The quantitative estimate of drug-likeness (QED) is 0.149. The van der Waals surface area contributed by atoms with E-state index in [1.165, 1.54) is 83.1 Å². The van der Waals surface area contributed by atoms with E-state index in [4.69, 9.17) is 0 Å². The number of anilines is 3. The molecule has 10 aromatic carbocycles. The van der Waals surface area contributed by atoms with Crippen molar-refractivity contribution in [2.24, 2.45) is 0 Å². The van der Waals surface area contributed by atoms with Crippen LogP contribution in [0.4, 0.5) is 17.1 Å². The summed E-state index contributed by atoms with van der Waals surface area (Å²) in [5.74, 6) is 0. The van der Waals surface area contributed by atoms with Gasteiger partial charge in [-0.2, -0.15) is 0 Å². The van der Waals surface area contributed by atoms with E-state index in [0.29, 0.717) is 0 Å². The summed E-state index contributed by atoms with van der Waals surface area (Å²) in [7, 11) is 0. The van der Waals surface area contributed by atoms with E-state index < -0.39 is 5.41 Å². The average Bonchev–Trinajstić information content (AvgIpc) is 3.86. The summed E-state index contributed by atoms with van der Waals surface area (Å²) in [6, 6.07) is 93.0. The van der Waals surface area contributed by atoms with Gasteiger partial charge in [-0.3, -0.25) is 0 Å². The number of rotatable bonds is 8. The highest BCUT2D eigenvalue weighted by atomic mass is 15.1. The molecule has 0 N–H and O–H groups in total. The topological polar surface area (TPSA) is 8.17 Å². The van der Waals surface area contributed by atoms with Gasteiger partial charge in [-0.15, -0.1) is 0 Å². The second-order valence-corrected chi connectivity index (χ2v) is 16.4. The number of benzene rings is 10. The summed E-state index contributed by atoms with van der Waals surface area (Å²) < 4.78 is 2.50. The van der Waals surface area contributed by atoms with Crippen LogP contribution in [0, 0.1) is 0 Å². The minimum atomic E-state index is -0.467. The molecule has 0 radical (unpaired) electrons. The summed E-state index contributed by atoms with van der Waals surface area (Å²) in [5.41, 5.74) is 18.9. The molecule has 0 unspecified atom stereocenters. The number of para-hydroxylation sites is 3. The number of aromatic nitrogens is 1. The second-order valence-electron chi connectivity index (χ2n) is 16.4. The van der Waals surface area contributed by atoms with Gasteiger partial charge in [0.15, 0.2) is 0 Å². The summed E-state index contributed by atoms with van der Waals surface area (Å²) in [6.07, 6.45) is 0. The maximum absolute atomic E-state index is 2.50. The molecule has 2 heteroatoms. The molecule has 0 amide bonds. The minimum Gasteiger partial charge on any atom is -0.311 e. The molecule has 1 aromatic heterocycles. The molecule has 11 aromatic rings. The van der Waals surface area contributed by atoms with Crippen LogP contribution in [0.25, 0.3) is 60.9 Å². The third-order valence-corrected chi connectivity index (χ3v) is 13.1. The molecule has 0 saturated heterocycles. The first-order valence-electron chi connectivity index (χ1n) is 21.8. The third-order valence-electron chi connectivity index (χ3n) is 13.1. The Balaban J connectivity index is 0.975. The fourth-order valence-corrected chi connectivity index (χ4v) is 10.4. The molecule has 0 spiro atoms. The second kappa shape index (κ2) is 15.1. The lowest BCUT2D eigenvalue weighted by molar-refractivity contribution is 0.768. The third kappa shape index (κ3) is 5.87. The Labute approximate surface area is 368 Å². The molecule has 1 aliphatic carbocycles. The van der Waals surface area contributed by atoms with Crippen LogP contribution in [0.5, 0.6) is 0 Å². The van der Waals surface area contributed by atoms with Crippen LogP contribution in [0.15, 0.2) is 255 Å². The highest BCUT2D eigenvalue weighted by Crippen LogP contribution is 2.58. The van der Waals surface area contributed by atoms with Crippen LogP contribution < -0.4 is 4.90 Å². The lowest BCUT2D eigenvalue weighted by Gasteiger charge is -2.34. The van der Waals surface area contributed by atoms with Gasteiger partial charge in [-0.25, -0.2) is 0 Å². The minimum absolute atomic E-state index is 0.467. The summed E-state index contributed by atoms with van der Waals surface area (Å²) >= 11 is 0. The first kappa shape index (κ1) is 36.6. The smallest absolute Gasteiger partial charge is 0.0714 e. The Morgan fingerprint density at radius 2 is 0.810 bits per heavy atom. The Hall–Kier alpha value is -8.20. The van der Waals surface area contributed by atoms with Gasteiger partial charge in [-0.05, 0) is 117 Å². The highest BCUT2D eigenvalue weighted by molar-refractivity contribution is 6.11. The molecular weight excluding hydrogens is 761 g/mol. The van der Waals surface area contributed by atoms with E-state index in [1.54, 1.807) is 0 Å². The normalized spacial score (nSPS) is 12.6. The molecule has 0 bridgehead atoms. The van der Waals surface area contributed by atoms with Crippen molar-refractivity contribution < 1.29 is 0 Å². The Morgan fingerprint density at radius 1 is 0.317 bits per heavy atom. The van der Waals surface area contributed by atoms with Crippen LogP contribution >= 0.6 is 0 Å². The van der Waals surface area contributed by atoms with Crippen molar-refractivity contribution in [2.75, 3.05) is 4.90 Å². The molecule has 1 aliphatic rings. The zero-order valence-corrected chi connectivity index (χ0v) is 34.6. The predicted molar refractivity (Wildman–Crippen MR) is 264 cm³/mol. The van der Waals surface area contributed by atoms with E-state index in [0.717, 1.165) is 17.1 Å². The highest BCUT2D eigenvalue weighted by Gasteiger charge is 2.47. The molecule has 1 heterocycles. The van der Waals surface area contributed by atoms with Gasteiger partial charge in [0.1, 0.15) is 0 Å².